The van der Waals surface area contributed by atoms with Crippen molar-refractivity contribution in [3.05, 3.63) is 28.8 Å². The van der Waals surface area contributed by atoms with Gasteiger partial charge in [-0.3, -0.25) is 4.79 Å². The van der Waals surface area contributed by atoms with E-state index >= 15 is 0 Å². The van der Waals surface area contributed by atoms with Crippen LogP contribution < -0.4 is 4.90 Å². The Morgan fingerprint density at radius 3 is 2.76 bits per heavy atom. The molecule has 0 saturated heterocycles. The number of aryl methyl sites for hydroxylation is 2. The van der Waals surface area contributed by atoms with Crippen LogP contribution >= 0.6 is 0 Å². The number of carbonyl (C=O) groups excluding carboxylic acids is 1. The molecule has 0 aromatic heterocycles. The van der Waals surface area contributed by atoms with Crippen LogP contribution in [0.1, 0.15) is 73.4 Å². The van der Waals surface area contributed by atoms with Gasteiger partial charge in [0, 0.05) is 25.1 Å². The van der Waals surface area contributed by atoms with Crippen molar-refractivity contribution < 1.29 is 4.79 Å². The van der Waals surface area contributed by atoms with Crippen molar-refractivity contribution in [3.8, 4) is 0 Å². The molecule has 0 amide bonds. The highest BCUT2D eigenvalue weighted by atomic mass is 16.1. The van der Waals surface area contributed by atoms with Gasteiger partial charge in [0.1, 0.15) is 0 Å². The lowest BCUT2D eigenvalue weighted by Crippen LogP contribution is -2.36. The number of hydrogen-bond donors (Lipinski definition) is 0. The predicted molar refractivity (Wildman–Crippen MR) is 88.4 cm³/mol. The van der Waals surface area contributed by atoms with Gasteiger partial charge in [-0.15, -0.1) is 0 Å². The Balaban J connectivity index is 1.75. The van der Waals surface area contributed by atoms with Crippen LogP contribution in [0.4, 0.5) is 5.69 Å². The average molecular weight is 285 g/mol. The summed E-state index contributed by atoms with van der Waals surface area (Å²) < 4.78 is 0. The van der Waals surface area contributed by atoms with Gasteiger partial charge < -0.3 is 4.90 Å². The summed E-state index contributed by atoms with van der Waals surface area (Å²) in [6.07, 6.45) is 10.8. The van der Waals surface area contributed by atoms with E-state index in [4.69, 9.17) is 0 Å². The molecule has 0 saturated carbocycles. The third kappa shape index (κ3) is 3.14. The van der Waals surface area contributed by atoms with Gasteiger partial charge in [0.25, 0.3) is 0 Å². The highest BCUT2D eigenvalue weighted by Crippen LogP contribution is 2.36. The monoisotopic (exact) mass is 285 g/mol. The zero-order valence-corrected chi connectivity index (χ0v) is 13.3. The molecule has 2 heteroatoms. The lowest BCUT2D eigenvalue weighted by molar-refractivity contribution is 0.0979. The molecule has 0 atom stereocenters. The molecular weight excluding hydrogens is 258 g/mol. The third-order valence-corrected chi connectivity index (χ3v) is 4.92. The van der Waals surface area contributed by atoms with Crippen LogP contribution in [0.5, 0.6) is 0 Å². The molecule has 0 unspecified atom stereocenters. The molecule has 3 rings (SSSR count). The Morgan fingerprint density at radius 1 is 1.05 bits per heavy atom. The normalized spacial score (nSPS) is 17.0. The van der Waals surface area contributed by atoms with Crippen LogP contribution in [-0.4, -0.2) is 18.9 Å². The number of ketones is 1. The molecule has 0 aliphatic carbocycles. The quantitative estimate of drug-likeness (QED) is 0.715. The van der Waals surface area contributed by atoms with E-state index in [9.17, 15) is 4.79 Å². The highest BCUT2D eigenvalue weighted by molar-refractivity contribution is 6.04. The molecule has 1 aromatic carbocycles. The predicted octanol–water partition coefficient (Wildman–Crippen LogP) is 4.54. The Bertz CT molecular complexity index is 521. The zero-order chi connectivity index (χ0) is 14.7. The van der Waals surface area contributed by atoms with Crippen molar-refractivity contribution >= 4 is 11.5 Å². The van der Waals surface area contributed by atoms with Crippen molar-refractivity contribution in [1.82, 2.24) is 0 Å². The van der Waals surface area contributed by atoms with E-state index in [0.717, 1.165) is 31.5 Å². The summed E-state index contributed by atoms with van der Waals surface area (Å²) in [6.45, 7) is 4.31. The molecule has 2 nitrogen and oxygen atoms in total. The first-order valence-corrected chi connectivity index (χ1v) is 8.73. The molecule has 21 heavy (non-hydrogen) atoms. The maximum absolute atomic E-state index is 12.3. The van der Waals surface area contributed by atoms with Gasteiger partial charge in [-0.05, 0) is 42.9 Å². The van der Waals surface area contributed by atoms with Gasteiger partial charge in [0.15, 0.2) is 5.78 Å². The van der Waals surface area contributed by atoms with Crippen LogP contribution in [0.2, 0.25) is 0 Å². The smallest absolute Gasteiger partial charge is 0.166 e. The number of rotatable bonds is 6. The van der Waals surface area contributed by atoms with E-state index < -0.39 is 0 Å². The second kappa shape index (κ2) is 6.64. The SMILES string of the molecule is CCCCCCCc1cc2c3c(c1)C(=O)CCN3CCC2. The van der Waals surface area contributed by atoms with Gasteiger partial charge in [-0.25, -0.2) is 0 Å². The third-order valence-electron chi connectivity index (χ3n) is 4.92. The molecule has 0 bridgehead atoms. The van der Waals surface area contributed by atoms with E-state index in [2.05, 4.69) is 24.0 Å². The van der Waals surface area contributed by atoms with E-state index in [-0.39, 0.29) is 0 Å². The Morgan fingerprint density at radius 2 is 1.90 bits per heavy atom. The molecule has 1 aromatic rings. The van der Waals surface area contributed by atoms with Gasteiger partial charge in [-0.2, -0.15) is 0 Å². The maximum atomic E-state index is 12.3. The van der Waals surface area contributed by atoms with Crippen LogP contribution in [-0.2, 0) is 12.8 Å². The van der Waals surface area contributed by atoms with Crippen molar-refractivity contribution in [2.24, 2.45) is 0 Å². The maximum Gasteiger partial charge on any atom is 0.166 e. The second-order valence-electron chi connectivity index (χ2n) is 6.58. The largest absolute Gasteiger partial charge is 0.370 e. The molecule has 0 N–H and O–H groups in total. The molecule has 2 heterocycles. The molecule has 0 spiro atoms. The summed E-state index contributed by atoms with van der Waals surface area (Å²) in [5.41, 5.74) is 5.10. The summed E-state index contributed by atoms with van der Waals surface area (Å²) in [6, 6.07) is 4.57. The first-order chi connectivity index (χ1) is 10.3. The molecule has 2 aliphatic heterocycles. The number of benzene rings is 1. The van der Waals surface area contributed by atoms with Crippen LogP contribution in [0, 0.1) is 0 Å². The van der Waals surface area contributed by atoms with Gasteiger partial charge in [0.05, 0.1) is 5.69 Å². The Hall–Kier alpha value is -1.31. The molecule has 114 valence electrons. The van der Waals surface area contributed by atoms with Crippen LogP contribution in [0.3, 0.4) is 0 Å². The minimum atomic E-state index is 0.359. The van der Waals surface area contributed by atoms with Gasteiger partial charge >= 0.3 is 0 Å². The summed E-state index contributed by atoms with van der Waals surface area (Å²) in [5.74, 6) is 0.359. The number of carbonyl (C=O) groups is 1. The highest BCUT2D eigenvalue weighted by Gasteiger charge is 2.28. The van der Waals surface area contributed by atoms with Crippen molar-refractivity contribution in [3.63, 3.8) is 0 Å². The molecule has 0 radical (unpaired) electrons. The fraction of sp³-hybridized carbons (Fsp3) is 0.632. The van der Waals surface area contributed by atoms with Crippen LogP contribution in [0.25, 0.3) is 0 Å². The fourth-order valence-corrected chi connectivity index (χ4v) is 3.78. The van der Waals surface area contributed by atoms with Crippen molar-refractivity contribution in [2.45, 2.75) is 64.7 Å². The number of unbranched alkanes of at least 4 members (excludes halogenated alkanes) is 4. The topological polar surface area (TPSA) is 20.3 Å². The first-order valence-electron chi connectivity index (χ1n) is 8.73. The second-order valence-corrected chi connectivity index (χ2v) is 6.58. The van der Waals surface area contributed by atoms with Gasteiger partial charge in [0.2, 0.25) is 0 Å². The van der Waals surface area contributed by atoms with E-state index in [1.165, 1.54) is 55.3 Å². The number of anilines is 1. The summed E-state index contributed by atoms with van der Waals surface area (Å²) in [5, 5.41) is 0. The number of Topliss-reactive ketones (excluding diaryl/α,β-unsaturated/α-hetero) is 1. The summed E-state index contributed by atoms with van der Waals surface area (Å²) in [4.78, 5) is 14.7. The van der Waals surface area contributed by atoms with Crippen molar-refractivity contribution in [1.29, 1.82) is 0 Å². The van der Waals surface area contributed by atoms with E-state index in [1.807, 2.05) is 0 Å². The summed E-state index contributed by atoms with van der Waals surface area (Å²) >= 11 is 0. The van der Waals surface area contributed by atoms with E-state index in [1.54, 1.807) is 0 Å². The standard InChI is InChI=1S/C19H27NO/c1-2-3-4-5-6-8-15-13-16-9-7-11-20-12-10-18(21)17(14-15)19(16)20/h13-14H,2-12H2,1H3. The number of hydrogen-bond acceptors (Lipinski definition) is 2. The average Bonchev–Trinajstić information content (AvgIpc) is 2.50. The Kier molecular flexibility index (Phi) is 4.62. The molecular formula is C19H27NO. The Labute approximate surface area is 128 Å². The zero-order valence-electron chi connectivity index (χ0n) is 13.3. The van der Waals surface area contributed by atoms with E-state index in [0.29, 0.717) is 12.2 Å². The number of nitrogens with zero attached hydrogens (tertiary/aromatic N) is 1. The fourth-order valence-electron chi connectivity index (χ4n) is 3.78. The lowest BCUT2D eigenvalue weighted by Gasteiger charge is -2.36. The minimum absolute atomic E-state index is 0.359. The minimum Gasteiger partial charge on any atom is -0.370 e. The lowest BCUT2D eigenvalue weighted by atomic mass is 9.88. The summed E-state index contributed by atoms with van der Waals surface area (Å²) in [7, 11) is 0. The molecule has 0 fully saturated rings. The van der Waals surface area contributed by atoms with Crippen LogP contribution in [0.15, 0.2) is 12.1 Å². The van der Waals surface area contributed by atoms with Gasteiger partial charge in [-0.1, -0.05) is 38.7 Å². The van der Waals surface area contributed by atoms with Crippen molar-refractivity contribution in [2.75, 3.05) is 18.0 Å². The first kappa shape index (κ1) is 14.6. The molecule has 2 aliphatic rings.